The maximum Gasteiger partial charge on any atom is 0.262 e. The van der Waals surface area contributed by atoms with E-state index in [1.807, 2.05) is 13.0 Å². The molecule has 0 unspecified atom stereocenters. The number of ether oxygens (including phenoxy) is 2. The molecule has 2 aromatic rings. The number of nitrogens with zero attached hydrogens (tertiary/aromatic N) is 5. The molecule has 0 bridgehead atoms. The lowest BCUT2D eigenvalue weighted by Crippen LogP contribution is -2.51. The molecule has 2 aliphatic heterocycles. The van der Waals surface area contributed by atoms with Crippen LogP contribution < -0.4 is 11.3 Å². The molecule has 2 aliphatic rings. The van der Waals surface area contributed by atoms with E-state index in [4.69, 9.17) is 26.8 Å². The summed E-state index contributed by atoms with van der Waals surface area (Å²) >= 11 is 8.01. The number of amidine groups is 1. The van der Waals surface area contributed by atoms with E-state index >= 15 is 0 Å². The fraction of sp³-hybridized carbons (Fsp3) is 0.538. The number of piperidine rings is 1. The Balaban J connectivity index is 1.48. The second kappa shape index (κ2) is 12.1. The molecule has 1 aromatic carbocycles. The minimum absolute atomic E-state index is 0.0692. The van der Waals surface area contributed by atoms with Crippen molar-refractivity contribution in [3.63, 3.8) is 0 Å². The standard InChI is InChI=1S/C26H35ClN6O3S/c1-17-24(28)26(15-36-17)8-11-32(12-9-26)18(2)30-14-21(29-3)37-20-7-6-19-22(23(20)27)25(34)33(16-31-19)10-5-13-35-4/h6-7,14,16-17,24H,3,5,8-13,15,28H2,1-2,4H3/b21-14+,30-18+/t17-,24+/m0/s1. The van der Waals surface area contributed by atoms with E-state index in [2.05, 4.69) is 33.5 Å². The van der Waals surface area contributed by atoms with Crippen LogP contribution in [-0.4, -0.2) is 72.6 Å². The zero-order valence-corrected chi connectivity index (χ0v) is 23.2. The second-order valence-electron chi connectivity index (χ2n) is 9.66. The van der Waals surface area contributed by atoms with Crippen molar-refractivity contribution in [2.24, 2.45) is 21.1 Å². The number of aryl methyl sites for hydroxylation is 1. The van der Waals surface area contributed by atoms with Gasteiger partial charge in [0.1, 0.15) is 10.9 Å². The maximum absolute atomic E-state index is 13.1. The monoisotopic (exact) mass is 546 g/mol. The van der Waals surface area contributed by atoms with Gasteiger partial charge in [0, 0.05) is 49.7 Å². The van der Waals surface area contributed by atoms with Crippen LogP contribution in [0, 0.1) is 5.41 Å². The Morgan fingerprint density at radius 1 is 1.43 bits per heavy atom. The van der Waals surface area contributed by atoms with Gasteiger partial charge in [0.25, 0.3) is 5.56 Å². The lowest BCUT2D eigenvalue weighted by molar-refractivity contribution is 0.0838. The largest absolute Gasteiger partial charge is 0.385 e. The predicted octanol–water partition coefficient (Wildman–Crippen LogP) is 3.92. The quantitative estimate of drug-likeness (QED) is 0.231. The number of hydrogen-bond donors (Lipinski definition) is 1. The number of fused-ring (bicyclic) bond motifs is 1. The van der Waals surface area contributed by atoms with Gasteiger partial charge in [0.15, 0.2) is 0 Å². The molecular formula is C26H35ClN6O3S. The number of hydrogen-bond acceptors (Lipinski definition) is 8. The van der Waals surface area contributed by atoms with Crippen LogP contribution >= 0.6 is 23.4 Å². The lowest BCUT2D eigenvalue weighted by Gasteiger charge is -2.41. The van der Waals surface area contributed by atoms with E-state index in [0.717, 1.165) is 38.4 Å². The molecule has 0 aliphatic carbocycles. The number of aromatic nitrogens is 2. The molecule has 2 fully saturated rings. The van der Waals surface area contributed by atoms with Gasteiger partial charge in [-0.2, -0.15) is 0 Å². The SMILES string of the molecule is C=N/C(=C\N=C(/C)N1CCC2(CC1)CO[C@@H](C)[C@H]2N)Sc1ccc2ncn(CCCOC)c(=O)c2c1Cl. The lowest BCUT2D eigenvalue weighted by atomic mass is 9.73. The molecule has 1 spiro atoms. The highest BCUT2D eigenvalue weighted by molar-refractivity contribution is 8.03. The molecular weight excluding hydrogens is 512 g/mol. The molecule has 9 nitrogen and oxygen atoms in total. The normalized spacial score (nSPS) is 22.2. The Morgan fingerprint density at radius 2 is 2.19 bits per heavy atom. The average Bonchev–Trinajstić information content (AvgIpc) is 3.17. The van der Waals surface area contributed by atoms with Crippen molar-refractivity contribution in [2.45, 2.75) is 56.7 Å². The number of methoxy groups -OCH3 is 1. The molecule has 3 heterocycles. The van der Waals surface area contributed by atoms with Gasteiger partial charge in [-0.15, -0.1) is 0 Å². The van der Waals surface area contributed by atoms with Crippen LogP contribution in [0.4, 0.5) is 0 Å². The van der Waals surface area contributed by atoms with Gasteiger partial charge >= 0.3 is 0 Å². The van der Waals surface area contributed by atoms with Crippen LogP contribution in [-0.2, 0) is 16.0 Å². The molecule has 1 aromatic heterocycles. The Morgan fingerprint density at radius 3 is 2.84 bits per heavy atom. The van der Waals surface area contributed by atoms with Crippen LogP contribution in [0.25, 0.3) is 10.9 Å². The Bertz CT molecular complexity index is 1250. The summed E-state index contributed by atoms with van der Waals surface area (Å²) in [6.45, 7) is 11.3. The molecule has 37 heavy (non-hydrogen) atoms. The molecule has 4 rings (SSSR count). The summed E-state index contributed by atoms with van der Waals surface area (Å²) < 4.78 is 12.5. The molecule has 200 valence electrons. The number of likely N-dealkylation sites (tertiary alicyclic amines) is 1. The summed E-state index contributed by atoms with van der Waals surface area (Å²) in [5.41, 5.74) is 6.89. The highest BCUT2D eigenvalue weighted by Crippen LogP contribution is 2.41. The first-order valence-corrected chi connectivity index (χ1v) is 13.7. The summed E-state index contributed by atoms with van der Waals surface area (Å²) in [5.74, 6) is 0.907. The van der Waals surface area contributed by atoms with Gasteiger partial charge in [0.2, 0.25) is 0 Å². The zero-order chi connectivity index (χ0) is 26.6. The number of halogens is 1. The zero-order valence-electron chi connectivity index (χ0n) is 21.7. The van der Waals surface area contributed by atoms with Crippen molar-refractivity contribution in [1.29, 1.82) is 0 Å². The number of nitrogens with two attached hydrogens (primary N) is 1. The molecule has 11 heteroatoms. The molecule has 0 amide bonds. The number of benzene rings is 1. The molecule has 0 saturated carbocycles. The van der Waals surface area contributed by atoms with Crippen molar-refractivity contribution < 1.29 is 9.47 Å². The van der Waals surface area contributed by atoms with Crippen molar-refractivity contribution in [3.05, 3.63) is 45.1 Å². The van der Waals surface area contributed by atoms with Gasteiger partial charge < -0.3 is 20.1 Å². The van der Waals surface area contributed by atoms with Gasteiger partial charge in [0.05, 0.1) is 41.2 Å². The second-order valence-corrected chi connectivity index (χ2v) is 11.1. The minimum Gasteiger partial charge on any atom is -0.385 e. The third-order valence-electron chi connectivity index (χ3n) is 7.44. The summed E-state index contributed by atoms with van der Waals surface area (Å²) in [6.07, 6.45) is 6.03. The number of rotatable bonds is 8. The summed E-state index contributed by atoms with van der Waals surface area (Å²) in [4.78, 5) is 29.2. The van der Waals surface area contributed by atoms with E-state index in [9.17, 15) is 4.79 Å². The molecule has 2 N–H and O–H groups in total. The van der Waals surface area contributed by atoms with Gasteiger partial charge in [-0.1, -0.05) is 23.4 Å². The fourth-order valence-electron chi connectivity index (χ4n) is 4.99. The van der Waals surface area contributed by atoms with E-state index in [0.29, 0.717) is 45.4 Å². The van der Waals surface area contributed by atoms with Crippen LogP contribution in [0.5, 0.6) is 0 Å². The van der Waals surface area contributed by atoms with Crippen molar-refractivity contribution in [2.75, 3.05) is 33.4 Å². The molecule has 0 radical (unpaired) electrons. The van der Waals surface area contributed by atoms with Gasteiger partial charge in [-0.3, -0.25) is 14.4 Å². The first-order valence-electron chi connectivity index (χ1n) is 12.5. The van der Waals surface area contributed by atoms with E-state index in [1.54, 1.807) is 30.3 Å². The summed E-state index contributed by atoms with van der Waals surface area (Å²) in [6, 6.07) is 3.71. The van der Waals surface area contributed by atoms with Crippen LogP contribution in [0.3, 0.4) is 0 Å². The first-order chi connectivity index (χ1) is 17.8. The van der Waals surface area contributed by atoms with Crippen LogP contribution in [0.15, 0.2) is 49.4 Å². The maximum atomic E-state index is 13.1. The smallest absolute Gasteiger partial charge is 0.262 e. The van der Waals surface area contributed by atoms with Gasteiger partial charge in [-0.05, 0) is 52.0 Å². The van der Waals surface area contributed by atoms with Crippen LogP contribution in [0.2, 0.25) is 5.02 Å². The average molecular weight is 547 g/mol. The first kappa shape index (κ1) is 27.8. The number of aliphatic imine (C=N–C) groups is 2. The topological polar surface area (TPSA) is 107 Å². The highest BCUT2D eigenvalue weighted by Gasteiger charge is 2.47. The predicted molar refractivity (Wildman–Crippen MR) is 151 cm³/mol. The van der Waals surface area contributed by atoms with Gasteiger partial charge in [-0.25, -0.2) is 9.98 Å². The van der Waals surface area contributed by atoms with Crippen molar-refractivity contribution in [1.82, 2.24) is 14.5 Å². The third kappa shape index (κ3) is 5.93. The Labute approximate surface area is 226 Å². The highest BCUT2D eigenvalue weighted by atomic mass is 35.5. The Hall–Kier alpha value is -2.24. The summed E-state index contributed by atoms with van der Waals surface area (Å²) in [5, 5.41) is 1.32. The van der Waals surface area contributed by atoms with E-state index < -0.39 is 0 Å². The summed E-state index contributed by atoms with van der Waals surface area (Å²) in [7, 11) is 1.63. The van der Waals surface area contributed by atoms with Crippen molar-refractivity contribution >= 4 is 46.8 Å². The van der Waals surface area contributed by atoms with E-state index in [-0.39, 0.29) is 23.1 Å². The minimum atomic E-state index is -0.177. The fourth-order valence-corrected chi connectivity index (χ4v) is 6.07. The molecule has 2 atom stereocenters. The number of thioether (sulfide) groups is 1. The third-order valence-corrected chi connectivity index (χ3v) is 8.95. The molecule has 2 saturated heterocycles. The Kier molecular flexibility index (Phi) is 9.07. The van der Waals surface area contributed by atoms with Crippen molar-refractivity contribution in [3.8, 4) is 0 Å². The van der Waals surface area contributed by atoms with Crippen LogP contribution in [0.1, 0.15) is 33.1 Å². The van der Waals surface area contributed by atoms with E-state index in [1.165, 1.54) is 11.8 Å².